The van der Waals surface area contributed by atoms with Crippen molar-refractivity contribution in [1.29, 1.82) is 0 Å². The lowest BCUT2D eigenvalue weighted by molar-refractivity contribution is -0.117. The third-order valence-electron chi connectivity index (χ3n) is 2.86. The van der Waals surface area contributed by atoms with Gasteiger partial charge < -0.3 is 14.4 Å². The van der Waals surface area contributed by atoms with Crippen molar-refractivity contribution >= 4 is 28.5 Å². The number of carbonyl (C=O) groups excluding carboxylic acids is 1. The molecule has 0 saturated carbocycles. The second-order valence-electron chi connectivity index (χ2n) is 3.93. The van der Waals surface area contributed by atoms with Gasteiger partial charge in [0.15, 0.2) is 16.7 Å². The number of thioether (sulfide) groups is 1. The lowest BCUT2D eigenvalue weighted by atomic mass is 10.2. The first-order valence-corrected chi connectivity index (χ1v) is 7.07. The van der Waals surface area contributed by atoms with E-state index in [1.807, 2.05) is 29.4 Å². The monoisotopic (exact) mass is 280 g/mol. The molecule has 19 heavy (non-hydrogen) atoms. The maximum Gasteiger partial charge on any atom is 0.249 e. The molecular formula is C13H16N2O3S. The number of anilines is 1. The van der Waals surface area contributed by atoms with E-state index in [1.54, 1.807) is 14.2 Å². The lowest BCUT2D eigenvalue weighted by Gasteiger charge is -2.27. The molecule has 0 unspecified atom stereocenters. The second kappa shape index (κ2) is 5.97. The van der Waals surface area contributed by atoms with Crippen molar-refractivity contribution in [3.8, 4) is 11.5 Å². The molecule has 1 aliphatic heterocycles. The minimum absolute atomic E-state index is 0.0684. The number of ether oxygens (including phenoxy) is 2. The molecule has 1 aromatic carbocycles. The maximum absolute atomic E-state index is 11.4. The molecule has 1 aromatic rings. The van der Waals surface area contributed by atoms with Crippen LogP contribution < -0.4 is 14.4 Å². The highest BCUT2D eigenvalue weighted by atomic mass is 32.2. The third-order valence-corrected chi connectivity index (χ3v) is 3.54. The van der Waals surface area contributed by atoms with E-state index >= 15 is 0 Å². The zero-order valence-electron chi connectivity index (χ0n) is 11.2. The van der Waals surface area contributed by atoms with E-state index < -0.39 is 0 Å². The van der Waals surface area contributed by atoms with E-state index in [-0.39, 0.29) is 5.91 Å². The van der Waals surface area contributed by atoms with E-state index in [1.165, 1.54) is 11.8 Å². The van der Waals surface area contributed by atoms with Crippen LogP contribution in [0.15, 0.2) is 23.2 Å². The van der Waals surface area contributed by atoms with Gasteiger partial charge >= 0.3 is 0 Å². The molecule has 0 spiro atoms. The summed E-state index contributed by atoms with van der Waals surface area (Å²) in [6.45, 7) is 0.633. The lowest BCUT2D eigenvalue weighted by Crippen LogP contribution is -2.35. The van der Waals surface area contributed by atoms with Gasteiger partial charge in [-0.05, 0) is 18.4 Å². The summed E-state index contributed by atoms with van der Waals surface area (Å²) in [6.07, 6.45) is 2.34. The van der Waals surface area contributed by atoms with Gasteiger partial charge in [-0.2, -0.15) is 4.99 Å². The molecule has 0 aliphatic carbocycles. The van der Waals surface area contributed by atoms with Crippen molar-refractivity contribution in [2.45, 2.75) is 6.42 Å². The summed E-state index contributed by atoms with van der Waals surface area (Å²) < 4.78 is 10.5. The Morgan fingerprint density at radius 3 is 2.63 bits per heavy atom. The Hall–Kier alpha value is -1.69. The van der Waals surface area contributed by atoms with Crippen molar-refractivity contribution in [3.05, 3.63) is 18.2 Å². The number of methoxy groups -OCH3 is 2. The zero-order valence-corrected chi connectivity index (χ0v) is 12.0. The fourth-order valence-corrected chi connectivity index (χ4v) is 2.52. The van der Waals surface area contributed by atoms with E-state index in [0.29, 0.717) is 29.6 Å². The van der Waals surface area contributed by atoms with Crippen LogP contribution in [-0.4, -0.2) is 38.1 Å². The van der Waals surface area contributed by atoms with Crippen LogP contribution in [0.25, 0.3) is 0 Å². The molecule has 1 aliphatic rings. The quantitative estimate of drug-likeness (QED) is 0.849. The van der Waals surface area contributed by atoms with Gasteiger partial charge in [-0.15, -0.1) is 0 Å². The molecule has 0 atom stereocenters. The normalized spacial score (nSPS) is 15.2. The number of nitrogens with zero attached hydrogens (tertiary/aromatic N) is 2. The average Bonchev–Trinajstić information content (AvgIpc) is 2.46. The summed E-state index contributed by atoms with van der Waals surface area (Å²) in [6, 6.07) is 5.67. The summed E-state index contributed by atoms with van der Waals surface area (Å²) in [4.78, 5) is 17.4. The summed E-state index contributed by atoms with van der Waals surface area (Å²) in [5.41, 5.74) is 0.943. The van der Waals surface area contributed by atoms with Gasteiger partial charge in [-0.25, -0.2) is 0 Å². The van der Waals surface area contributed by atoms with Gasteiger partial charge in [-0.1, -0.05) is 11.8 Å². The summed E-state index contributed by atoms with van der Waals surface area (Å²) in [7, 11) is 3.21. The van der Waals surface area contributed by atoms with Crippen LogP contribution in [0.2, 0.25) is 0 Å². The average molecular weight is 280 g/mol. The highest BCUT2D eigenvalue weighted by molar-refractivity contribution is 8.13. The SMILES string of the molecule is COc1ccc(N2CCC(=O)N=C2SC)cc1OC. The molecule has 1 amide bonds. The molecule has 0 fully saturated rings. The highest BCUT2D eigenvalue weighted by Gasteiger charge is 2.21. The molecular weight excluding hydrogens is 264 g/mol. The first kappa shape index (κ1) is 13.7. The number of amides is 1. The molecule has 0 radical (unpaired) electrons. The van der Waals surface area contributed by atoms with E-state index in [4.69, 9.17) is 9.47 Å². The topological polar surface area (TPSA) is 51.1 Å². The minimum atomic E-state index is -0.0684. The number of hydrogen-bond acceptors (Lipinski definition) is 5. The number of rotatable bonds is 3. The van der Waals surface area contributed by atoms with Crippen LogP contribution in [0.5, 0.6) is 11.5 Å². The Morgan fingerprint density at radius 2 is 2.00 bits per heavy atom. The molecule has 0 bridgehead atoms. The fraction of sp³-hybridized carbons (Fsp3) is 0.385. The van der Waals surface area contributed by atoms with Crippen molar-refractivity contribution in [1.82, 2.24) is 0 Å². The zero-order chi connectivity index (χ0) is 13.8. The number of aliphatic imine (C=N–C) groups is 1. The summed E-state index contributed by atoms with van der Waals surface area (Å²) in [5.74, 6) is 1.28. The predicted octanol–water partition coefficient (Wildman–Crippen LogP) is 2.16. The minimum Gasteiger partial charge on any atom is -0.493 e. The highest BCUT2D eigenvalue weighted by Crippen LogP contribution is 2.33. The Balaban J connectivity index is 2.36. The molecule has 0 saturated heterocycles. The van der Waals surface area contributed by atoms with Crippen LogP contribution in [0.3, 0.4) is 0 Å². The van der Waals surface area contributed by atoms with Gasteiger partial charge in [0.1, 0.15) is 0 Å². The second-order valence-corrected chi connectivity index (χ2v) is 4.71. The molecule has 0 N–H and O–H groups in total. The molecule has 1 heterocycles. The molecule has 102 valence electrons. The first-order chi connectivity index (χ1) is 9.19. The van der Waals surface area contributed by atoms with E-state index in [9.17, 15) is 4.79 Å². The molecule has 5 nitrogen and oxygen atoms in total. The van der Waals surface area contributed by atoms with Crippen LogP contribution in [0.4, 0.5) is 5.69 Å². The first-order valence-electron chi connectivity index (χ1n) is 5.84. The largest absolute Gasteiger partial charge is 0.493 e. The molecule has 2 rings (SSSR count). The van der Waals surface area contributed by atoms with E-state index in [2.05, 4.69) is 4.99 Å². The number of amidine groups is 1. The number of carbonyl (C=O) groups is 1. The predicted molar refractivity (Wildman–Crippen MR) is 77.5 cm³/mol. The smallest absolute Gasteiger partial charge is 0.249 e. The Labute approximate surface area is 116 Å². The van der Waals surface area contributed by atoms with Gasteiger partial charge in [0, 0.05) is 24.7 Å². The van der Waals surface area contributed by atoms with Crippen LogP contribution in [0, 0.1) is 0 Å². The van der Waals surface area contributed by atoms with Crippen LogP contribution in [0.1, 0.15) is 6.42 Å². The van der Waals surface area contributed by atoms with Gasteiger partial charge in [0.25, 0.3) is 0 Å². The standard InChI is InChI=1S/C13H16N2O3S/c1-17-10-5-4-9(8-11(10)18-2)15-7-6-12(16)14-13(15)19-3/h4-5,8H,6-7H2,1-3H3. The third kappa shape index (κ3) is 2.84. The van der Waals surface area contributed by atoms with Crippen molar-refractivity contribution in [2.24, 2.45) is 4.99 Å². The number of benzene rings is 1. The van der Waals surface area contributed by atoms with Crippen molar-refractivity contribution in [2.75, 3.05) is 31.9 Å². The Bertz CT molecular complexity index is 517. The van der Waals surface area contributed by atoms with Crippen LogP contribution in [-0.2, 0) is 4.79 Å². The molecule has 6 heteroatoms. The molecule has 0 aromatic heterocycles. The fourth-order valence-electron chi connectivity index (χ4n) is 1.91. The Kier molecular flexibility index (Phi) is 4.31. The summed E-state index contributed by atoms with van der Waals surface area (Å²) in [5, 5.41) is 0.712. The summed E-state index contributed by atoms with van der Waals surface area (Å²) >= 11 is 1.46. The van der Waals surface area contributed by atoms with Gasteiger partial charge in [0.05, 0.1) is 14.2 Å². The Morgan fingerprint density at radius 1 is 1.26 bits per heavy atom. The number of hydrogen-bond donors (Lipinski definition) is 0. The van der Waals surface area contributed by atoms with Gasteiger partial charge in [-0.3, -0.25) is 4.79 Å². The van der Waals surface area contributed by atoms with E-state index in [0.717, 1.165) is 5.69 Å². The van der Waals surface area contributed by atoms with Crippen molar-refractivity contribution < 1.29 is 14.3 Å². The maximum atomic E-state index is 11.4. The van der Waals surface area contributed by atoms with Gasteiger partial charge in [0.2, 0.25) is 5.91 Å². The van der Waals surface area contributed by atoms with Crippen molar-refractivity contribution in [3.63, 3.8) is 0 Å². The van der Waals surface area contributed by atoms with Crippen LogP contribution >= 0.6 is 11.8 Å².